The van der Waals surface area contributed by atoms with Crippen molar-refractivity contribution in [2.45, 2.75) is 24.7 Å². The molecule has 0 fully saturated rings. The zero-order valence-corrected chi connectivity index (χ0v) is 14.3. The van der Waals surface area contributed by atoms with Crippen LogP contribution in [0.3, 0.4) is 0 Å². The second-order valence-corrected chi connectivity index (χ2v) is 6.65. The summed E-state index contributed by atoms with van der Waals surface area (Å²) in [6.45, 7) is -0.367. The first kappa shape index (κ1) is 16.8. The Morgan fingerprint density at radius 3 is 2.74 bits per heavy atom. The van der Waals surface area contributed by atoms with E-state index in [9.17, 15) is 19.6 Å². The van der Waals surface area contributed by atoms with Crippen LogP contribution in [0.15, 0.2) is 47.1 Å². The maximum Gasteiger partial charge on any atom is 0.248 e. The summed E-state index contributed by atoms with van der Waals surface area (Å²) in [6, 6.07) is 8.69. The number of nitrogens with zero attached hydrogens (tertiary/aromatic N) is 2. The van der Waals surface area contributed by atoms with Gasteiger partial charge in [0.15, 0.2) is 5.78 Å². The third kappa shape index (κ3) is 2.05. The SMILES string of the molecule is N#CC1=C(N)OC2=C(C(=O)CCC2)[C@@]12C(=O)N(CC(N)=O)c1ccccc12. The second-order valence-electron chi connectivity index (χ2n) is 6.65. The Morgan fingerprint density at radius 1 is 1.30 bits per heavy atom. The van der Waals surface area contributed by atoms with E-state index in [-0.39, 0.29) is 35.8 Å². The molecule has 0 saturated heterocycles. The number of benzene rings is 1. The van der Waals surface area contributed by atoms with Gasteiger partial charge in [-0.3, -0.25) is 14.4 Å². The van der Waals surface area contributed by atoms with E-state index < -0.39 is 17.2 Å². The number of allylic oxidation sites excluding steroid dienone is 1. The number of hydrogen-bond acceptors (Lipinski definition) is 6. The molecule has 0 radical (unpaired) electrons. The van der Waals surface area contributed by atoms with Crippen molar-refractivity contribution in [3.8, 4) is 6.07 Å². The molecule has 3 aliphatic rings. The van der Waals surface area contributed by atoms with Crippen molar-refractivity contribution in [2.24, 2.45) is 11.5 Å². The van der Waals surface area contributed by atoms with Crippen LogP contribution >= 0.6 is 0 Å². The summed E-state index contributed by atoms with van der Waals surface area (Å²) in [5.41, 5.74) is 10.5. The molecule has 4 N–H and O–H groups in total. The summed E-state index contributed by atoms with van der Waals surface area (Å²) < 4.78 is 5.56. The number of nitrogens with two attached hydrogens (primary N) is 2. The Labute approximate surface area is 154 Å². The average Bonchev–Trinajstić information content (AvgIpc) is 2.85. The largest absolute Gasteiger partial charge is 0.444 e. The first-order valence-electron chi connectivity index (χ1n) is 8.47. The number of anilines is 1. The fraction of sp³-hybridized carbons (Fsp3) is 0.263. The maximum absolute atomic E-state index is 13.6. The Balaban J connectivity index is 2.09. The van der Waals surface area contributed by atoms with Crippen LogP contribution in [-0.2, 0) is 24.5 Å². The van der Waals surface area contributed by atoms with Gasteiger partial charge in [-0.2, -0.15) is 5.26 Å². The quantitative estimate of drug-likeness (QED) is 0.782. The molecule has 8 heteroatoms. The van der Waals surface area contributed by atoms with E-state index >= 15 is 0 Å². The summed E-state index contributed by atoms with van der Waals surface area (Å²) in [7, 11) is 0. The lowest BCUT2D eigenvalue weighted by Crippen LogP contribution is -2.50. The summed E-state index contributed by atoms with van der Waals surface area (Å²) in [5.74, 6) is -1.45. The van der Waals surface area contributed by atoms with Crippen molar-refractivity contribution in [1.29, 1.82) is 5.26 Å². The first-order chi connectivity index (χ1) is 12.9. The fourth-order valence-corrected chi connectivity index (χ4v) is 4.22. The van der Waals surface area contributed by atoms with Gasteiger partial charge in [0.1, 0.15) is 29.4 Å². The Morgan fingerprint density at radius 2 is 2.04 bits per heavy atom. The number of primary amides is 1. The standard InChI is InChI=1S/C19H16N4O4/c20-8-11-17(22)27-14-7-3-6-13(24)16(14)19(11)10-4-1-2-5-12(10)23(18(19)26)9-15(21)25/h1-2,4-5H,3,6-7,9,22H2,(H2,21,25)/t19-/m0/s1. The van der Waals surface area contributed by atoms with Gasteiger partial charge >= 0.3 is 0 Å². The van der Waals surface area contributed by atoms with E-state index in [0.29, 0.717) is 29.9 Å². The number of fused-ring (bicyclic) bond motifs is 3. The predicted octanol–water partition coefficient (Wildman–Crippen LogP) is 0.487. The van der Waals surface area contributed by atoms with E-state index in [1.807, 2.05) is 6.07 Å². The number of ketones is 1. The molecule has 0 aromatic heterocycles. The van der Waals surface area contributed by atoms with Crippen LogP contribution in [0, 0.1) is 11.3 Å². The summed E-state index contributed by atoms with van der Waals surface area (Å²) in [6.07, 6.45) is 1.26. The van der Waals surface area contributed by atoms with Crippen molar-refractivity contribution in [3.05, 3.63) is 52.6 Å². The van der Waals surface area contributed by atoms with Gasteiger partial charge in [-0.05, 0) is 12.5 Å². The average molecular weight is 364 g/mol. The number of carbonyl (C=O) groups excluding carboxylic acids is 3. The zero-order chi connectivity index (χ0) is 19.3. The van der Waals surface area contributed by atoms with Crippen molar-refractivity contribution in [3.63, 3.8) is 0 Å². The minimum Gasteiger partial charge on any atom is -0.444 e. The fourth-order valence-electron chi connectivity index (χ4n) is 4.22. The van der Waals surface area contributed by atoms with Gasteiger partial charge in [0.05, 0.1) is 5.57 Å². The van der Waals surface area contributed by atoms with Crippen LogP contribution in [0.25, 0.3) is 0 Å². The number of rotatable bonds is 2. The van der Waals surface area contributed by atoms with Gasteiger partial charge in [0.2, 0.25) is 17.7 Å². The minimum atomic E-state index is -1.70. The molecule has 1 aromatic rings. The van der Waals surface area contributed by atoms with Crippen LogP contribution in [0.1, 0.15) is 24.8 Å². The molecule has 0 saturated carbocycles. The van der Waals surface area contributed by atoms with Crippen molar-refractivity contribution < 1.29 is 19.1 Å². The predicted molar refractivity (Wildman–Crippen MR) is 93.5 cm³/mol. The third-order valence-electron chi connectivity index (χ3n) is 5.19. The zero-order valence-electron chi connectivity index (χ0n) is 14.3. The van der Waals surface area contributed by atoms with Gasteiger partial charge in [-0.25, -0.2) is 0 Å². The van der Waals surface area contributed by atoms with Gasteiger partial charge in [-0.15, -0.1) is 0 Å². The highest BCUT2D eigenvalue weighted by atomic mass is 16.5. The monoisotopic (exact) mass is 364 g/mol. The van der Waals surface area contributed by atoms with Gasteiger partial charge < -0.3 is 21.1 Å². The molecule has 0 unspecified atom stereocenters. The number of carbonyl (C=O) groups is 3. The highest BCUT2D eigenvalue weighted by Gasteiger charge is 2.62. The molecule has 2 aliphatic heterocycles. The van der Waals surface area contributed by atoms with Crippen LogP contribution in [0.4, 0.5) is 5.69 Å². The molecule has 27 heavy (non-hydrogen) atoms. The van der Waals surface area contributed by atoms with Crippen LogP contribution < -0.4 is 16.4 Å². The molecule has 2 heterocycles. The number of Topliss-reactive ketones (excluding diaryl/α,β-unsaturated/α-hetero) is 1. The van der Waals surface area contributed by atoms with E-state index in [1.165, 1.54) is 4.90 Å². The normalized spacial score (nSPS) is 23.9. The van der Waals surface area contributed by atoms with E-state index in [2.05, 4.69) is 0 Å². The molecular weight excluding hydrogens is 348 g/mol. The first-order valence-corrected chi connectivity index (χ1v) is 8.47. The molecule has 1 atom stereocenters. The number of ether oxygens (including phenoxy) is 1. The number of amides is 2. The number of nitriles is 1. The Kier molecular flexibility index (Phi) is 3.56. The van der Waals surface area contributed by atoms with Crippen molar-refractivity contribution >= 4 is 23.3 Å². The van der Waals surface area contributed by atoms with Crippen LogP contribution in [0.2, 0.25) is 0 Å². The van der Waals surface area contributed by atoms with E-state index in [0.717, 1.165) is 0 Å². The number of hydrogen-bond donors (Lipinski definition) is 2. The smallest absolute Gasteiger partial charge is 0.248 e. The molecule has 2 amide bonds. The Hall–Kier alpha value is -3.60. The van der Waals surface area contributed by atoms with Gasteiger partial charge in [0, 0.05) is 24.1 Å². The van der Waals surface area contributed by atoms with Crippen molar-refractivity contribution in [2.75, 3.05) is 11.4 Å². The minimum absolute atomic E-state index is 0.138. The highest BCUT2D eigenvalue weighted by Crippen LogP contribution is 2.55. The lowest BCUT2D eigenvalue weighted by Gasteiger charge is -2.37. The van der Waals surface area contributed by atoms with Gasteiger partial charge in [-0.1, -0.05) is 18.2 Å². The maximum atomic E-state index is 13.6. The molecular formula is C19H16N4O4. The molecule has 0 bridgehead atoms. The van der Waals surface area contributed by atoms with E-state index in [4.69, 9.17) is 16.2 Å². The molecule has 136 valence electrons. The topological polar surface area (TPSA) is 140 Å². The lowest BCUT2D eigenvalue weighted by molar-refractivity contribution is -0.125. The molecule has 1 spiro atoms. The van der Waals surface area contributed by atoms with Gasteiger partial charge in [0.25, 0.3) is 0 Å². The van der Waals surface area contributed by atoms with Crippen LogP contribution in [0.5, 0.6) is 0 Å². The lowest BCUT2D eigenvalue weighted by atomic mass is 9.65. The van der Waals surface area contributed by atoms with E-state index in [1.54, 1.807) is 24.3 Å². The highest BCUT2D eigenvalue weighted by molar-refractivity contribution is 6.21. The third-order valence-corrected chi connectivity index (χ3v) is 5.19. The summed E-state index contributed by atoms with van der Waals surface area (Å²) in [5, 5.41) is 9.81. The van der Waals surface area contributed by atoms with Crippen LogP contribution in [-0.4, -0.2) is 24.1 Å². The molecule has 1 aliphatic carbocycles. The molecule has 8 nitrogen and oxygen atoms in total. The summed E-state index contributed by atoms with van der Waals surface area (Å²) >= 11 is 0. The van der Waals surface area contributed by atoms with Crippen molar-refractivity contribution in [1.82, 2.24) is 0 Å². The number of para-hydroxylation sites is 1. The molecule has 1 aromatic carbocycles. The Bertz CT molecular complexity index is 1020. The summed E-state index contributed by atoms with van der Waals surface area (Å²) in [4.78, 5) is 39.3. The second kappa shape index (κ2) is 5.71. The molecule has 4 rings (SSSR count).